The average Bonchev–Trinajstić information content (AvgIpc) is 3.38. The highest BCUT2D eigenvalue weighted by Gasteiger charge is 2.37. The molecule has 4 atom stereocenters. The van der Waals surface area contributed by atoms with Gasteiger partial charge in [0.2, 0.25) is 5.91 Å². The number of benzene rings is 1. The van der Waals surface area contributed by atoms with E-state index in [2.05, 4.69) is 21.5 Å². The Morgan fingerprint density at radius 1 is 0.970 bits per heavy atom. The summed E-state index contributed by atoms with van der Waals surface area (Å²) in [4.78, 5) is 24.5. The Labute approximate surface area is 191 Å². The summed E-state index contributed by atoms with van der Waals surface area (Å²) in [5, 5.41) is 15.3. The predicted octanol–water partition coefficient (Wildman–Crippen LogP) is 2.01. The molecule has 1 aromatic carbocycles. The molecular formula is C23H32F2N4O4. The van der Waals surface area contributed by atoms with Crippen molar-refractivity contribution in [1.82, 2.24) is 21.5 Å². The number of nitrogens with one attached hydrogen (secondary N) is 4. The average molecular weight is 467 g/mol. The van der Waals surface area contributed by atoms with E-state index in [1.165, 1.54) is 0 Å². The van der Waals surface area contributed by atoms with Crippen LogP contribution in [0.1, 0.15) is 56.9 Å². The molecule has 1 heterocycles. The number of halogens is 2. The summed E-state index contributed by atoms with van der Waals surface area (Å²) in [6.07, 6.45) is 4.87. The van der Waals surface area contributed by atoms with E-state index in [1.54, 1.807) is 0 Å². The number of aliphatic hydroxyl groups is 1. The Morgan fingerprint density at radius 3 is 2.42 bits per heavy atom. The van der Waals surface area contributed by atoms with Gasteiger partial charge in [0.25, 0.3) is 0 Å². The number of hydrogen-bond acceptors (Lipinski definition) is 6. The monoisotopic (exact) mass is 466 g/mol. The summed E-state index contributed by atoms with van der Waals surface area (Å²) in [6, 6.07) is 3.26. The second-order valence-electron chi connectivity index (χ2n) is 9.46. The van der Waals surface area contributed by atoms with E-state index in [4.69, 9.17) is 4.74 Å². The van der Waals surface area contributed by atoms with E-state index in [-0.39, 0.29) is 48.3 Å². The Balaban J connectivity index is 1.17. The van der Waals surface area contributed by atoms with Crippen molar-refractivity contribution in [3.05, 3.63) is 35.4 Å². The highest BCUT2D eigenvalue weighted by Crippen LogP contribution is 2.33. The summed E-state index contributed by atoms with van der Waals surface area (Å²) in [6.45, 7) is 0. The van der Waals surface area contributed by atoms with Crippen molar-refractivity contribution in [2.75, 3.05) is 0 Å². The van der Waals surface area contributed by atoms with Crippen LogP contribution in [0.5, 0.6) is 0 Å². The number of hydrazine groups is 1. The first-order valence-corrected chi connectivity index (χ1v) is 11.7. The fourth-order valence-corrected chi connectivity index (χ4v) is 5.15. The van der Waals surface area contributed by atoms with Crippen molar-refractivity contribution in [2.45, 2.75) is 88.2 Å². The Bertz CT molecular complexity index is 830. The molecule has 33 heavy (non-hydrogen) atoms. The molecule has 0 radical (unpaired) electrons. The van der Waals surface area contributed by atoms with Gasteiger partial charge in [-0.05, 0) is 75.0 Å². The Morgan fingerprint density at radius 2 is 1.70 bits per heavy atom. The minimum Gasteiger partial charge on any atom is -0.446 e. The first kappa shape index (κ1) is 23.8. The number of amides is 2. The van der Waals surface area contributed by atoms with E-state index in [9.17, 15) is 23.5 Å². The minimum atomic E-state index is -0.706. The molecule has 3 aliphatic rings. The zero-order valence-electron chi connectivity index (χ0n) is 18.5. The molecule has 3 fully saturated rings. The van der Waals surface area contributed by atoms with E-state index < -0.39 is 17.7 Å². The Hall–Kier alpha value is -2.30. The van der Waals surface area contributed by atoms with Crippen LogP contribution in [0.25, 0.3) is 0 Å². The fourth-order valence-electron chi connectivity index (χ4n) is 5.15. The maximum Gasteiger partial charge on any atom is 0.407 e. The number of rotatable bonds is 6. The molecule has 2 saturated carbocycles. The van der Waals surface area contributed by atoms with Crippen LogP contribution in [-0.4, -0.2) is 47.6 Å². The van der Waals surface area contributed by atoms with Gasteiger partial charge >= 0.3 is 6.09 Å². The van der Waals surface area contributed by atoms with Gasteiger partial charge in [-0.3, -0.25) is 10.2 Å². The zero-order chi connectivity index (χ0) is 23.4. The van der Waals surface area contributed by atoms with Crippen LogP contribution in [0.15, 0.2) is 18.2 Å². The highest BCUT2D eigenvalue weighted by molar-refractivity contribution is 5.78. The number of alkyl carbamates (subject to hydrolysis) is 1. The molecule has 4 rings (SSSR count). The van der Waals surface area contributed by atoms with Crippen LogP contribution in [-0.2, 0) is 16.0 Å². The first-order valence-electron chi connectivity index (χ1n) is 11.7. The van der Waals surface area contributed by atoms with Crippen LogP contribution < -0.4 is 21.5 Å². The molecule has 8 nitrogen and oxygen atoms in total. The standard InChI is InChI=1S/C23H32F2N4O4/c24-15-7-13(8-16(25)11-15)9-22(31)27-21-12-20(28-29-21)14-1-6-19(10-14)33-23(32)26-17-2-4-18(30)5-3-17/h7-8,11,14,17-21,28-30H,1-6,9-10,12H2,(H,26,32)(H,27,31)/t14-,17?,18?,19+,20?,21?/m1/s1. The molecule has 1 saturated heterocycles. The molecule has 2 unspecified atom stereocenters. The molecular weight excluding hydrogens is 434 g/mol. The van der Waals surface area contributed by atoms with Crippen molar-refractivity contribution >= 4 is 12.0 Å². The number of carbonyl (C=O) groups excluding carboxylic acids is 2. The van der Waals surface area contributed by atoms with Crippen molar-refractivity contribution in [1.29, 1.82) is 0 Å². The summed E-state index contributed by atoms with van der Waals surface area (Å²) in [5.74, 6) is -1.43. The van der Waals surface area contributed by atoms with Crippen LogP contribution in [0.3, 0.4) is 0 Å². The molecule has 0 bridgehead atoms. The highest BCUT2D eigenvalue weighted by atomic mass is 19.1. The third kappa shape index (κ3) is 6.84. The van der Waals surface area contributed by atoms with Crippen molar-refractivity contribution in [2.24, 2.45) is 5.92 Å². The summed E-state index contributed by atoms with van der Waals surface area (Å²) in [7, 11) is 0. The normalized spacial score (nSPS) is 31.8. The van der Waals surface area contributed by atoms with Gasteiger partial charge in [-0.2, -0.15) is 0 Å². The molecule has 0 aromatic heterocycles. The molecule has 0 spiro atoms. The zero-order valence-corrected chi connectivity index (χ0v) is 18.5. The fraction of sp³-hybridized carbons (Fsp3) is 0.652. The van der Waals surface area contributed by atoms with Gasteiger partial charge in [0.1, 0.15) is 17.7 Å². The van der Waals surface area contributed by atoms with Crippen LogP contribution in [0.2, 0.25) is 0 Å². The third-order valence-corrected chi connectivity index (χ3v) is 6.84. The van der Waals surface area contributed by atoms with Crippen molar-refractivity contribution < 1.29 is 28.2 Å². The van der Waals surface area contributed by atoms with Gasteiger partial charge in [-0.1, -0.05) is 0 Å². The van der Waals surface area contributed by atoms with Gasteiger partial charge in [0, 0.05) is 18.2 Å². The minimum absolute atomic E-state index is 0.0621. The number of aliphatic hydroxyl groups excluding tert-OH is 1. The molecule has 5 N–H and O–H groups in total. The number of carbonyl (C=O) groups is 2. The van der Waals surface area contributed by atoms with E-state index in [0.717, 1.165) is 50.3 Å². The maximum atomic E-state index is 13.3. The van der Waals surface area contributed by atoms with Gasteiger partial charge in [0.05, 0.1) is 18.7 Å². The topological polar surface area (TPSA) is 112 Å². The SMILES string of the molecule is O=C(Cc1cc(F)cc(F)c1)NC1CC([C@@H]2CC[C@H](OC(=O)NC3CCC(O)CC3)C2)NN1. The molecule has 1 aromatic rings. The molecule has 2 amide bonds. The van der Waals surface area contributed by atoms with Crippen LogP contribution in [0.4, 0.5) is 13.6 Å². The van der Waals surface area contributed by atoms with Crippen molar-refractivity contribution in [3.63, 3.8) is 0 Å². The lowest BCUT2D eigenvalue weighted by molar-refractivity contribution is -0.121. The largest absolute Gasteiger partial charge is 0.446 e. The number of hydrogen-bond donors (Lipinski definition) is 5. The van der Waals surface area contributed by atoms with E-state index >= 15 is 0 Å². The third-order valence-electron chi connectivity index (χ3n) is 6.84. The van der Waals surface area contributed by atoms with Crippen LogP contribution in [0, 0.1) is 17.6 Å². The molecule has 1 aliphatic heterocycles. The van der Waals surface area contributed by atoms with Gasteiger partial charge in [-0.25, -0.2) is 19.0 Å². The Kier molecular flexibility index (Phi) is 7.77. The second kappa shape index (κ2) is 10.8. The molecule has 2 aliphatic carbocycles. The molecule has 182 valence electrons. The second-order valence-corrected chi connectivity index (χ2v) is 9.46. The van der Waals surface area contributed by atoms with Crippen molar-refractivity contribution in [3.8, 4) is 0 Å². The lowest BCUT2D eigenvalue weighted by Gasteiger charge is -2.26. The lowest BCUT2D eigenvalue weighted by atomic mass is 9.93. The van der Waals surface area contributed by atoms with Gasteiger partial charge < -0.3 is 20.5 Å². The van der Waals surface area contributed by atoms with Gasteiger partial charge in [-0.15, -0.1) is 0 Å². The van der Waals surface area contributed by atoms with E-state index in [1.807, 2.05) is 0 Å². The maximum absolute atomic E-state index is 13.3. The first-order chi connectivity index (χ1) is 15.8. The molecule has 10 heteroatoms. The van der Waals surface area contributed by atoms with E-state index in [0.29, 0.717) is 25.2 Å². The lowest BCUT2D eigenvalue weighted by Crippen LogP contribution is -2.45. The van der Waals surface area contributed by atoms with Gasteiger partial charge in [0.15, 0.2) is 0 Å². The van der Waals surface area contributed by atoms with Crippen LogP contribution >= 0.6 is 0 Å². The number of ether oxygens (including phenoxy) is 1. The summed E-state index contributed by atoms with van der Waals surface area (Å²) in [5.41, 5.74) is 6.56. The summed E-state index contributed by atoms with van der Waals surface area (Å²) < 4.78 is 32.2. The quantitative estimate of drug-likeness (QED) is 0.439. The predicted molar refractivity (Wildman–Crippen MR) is 116 cm³/mol. The smallest absolute Gasteiger partial charge is 0.407 e. The summed E-state index contributed by atoms with van der Waals surface area (Å²) >= 11 is 0.